The monoisotopic (exact) mass is 303 g/mol. The maximum Gasteiger partial charge on any atom is 0.325 e. The van der Waals surface area contributed by atoms with Crippen LogP contribution in [0.3, 0.4) is 0 Å². The smallest absolute Gasteiger partial charge is 0.276 e. The van der Waals surface area contributed by atoms with E-state index in [4.69, 9.17) is 0 Å². The Balaban J connectivity index is 1.76. The van der Waals surface area contributed by atoms with Crippen molar-refractivity contribution in [2.45, 2.75) is 13.1 Å². The van der Waals surface area contributed by atoms with Crippen LogP contribution in [0.4, 0.5) is 0 Å². The average Bonchev–Trinajstić information content (AvgIpc) is 2.49. The number of nitrogens with zero attached hydrogens (tertiary/aromatic N) is 1. The molecular formula is C16H20N2O2P+. The van der Waals surface area contributed by atoms with Crippen molar-refractivity contribution in [1.29, 1.82) is 0 Å². The summed E-state index contributed by atoms with van der Waals surface area (Å²) in [6, 6.07) is 19.6. The van der Waals surface area contributed by atoms with Crippen molar-refractivity contribution in [3.63, 3.8) is 0 Å². The van der Waals surface area contributed by atoms with Crippen LogP contribution in [0.25, 0.3) is 0 Å². The predicted octanol–water partition coefficient (Wildman–Crippen LogP) is 2.79. The lowest BCUT2D eigenvalue weighted by Gasteiger charge is -2.08. The van der Waals surface area contributed by atoms with Crippen molar-refractivity contribution in [3.8, 4) is 0 Å². The van der Waals surface area contributed by atoms with Crippen molar-refractivity contribution in [3.05, 3.63) is 71.8 Å². The quantitative estimate of drug-likeness (QED) is 0.544. The van der Waals surface area contributed by atoms with E-state index < -0.39 is 7.72 Å². The molecule has 3 N–H and O–H groups in total. The van der Waals surface area contributed by atoms with Gasteiger partial charge in [-0.05, 0) is 11.1 Å². The van der Waals surface area contributed by atoms with Crippen LogP contribution in [0.5, 0.6) is 0 Å². The number of hydrogen-bond acceptors (Lipinski definition) is 4. The van der Waals surface area contributed by atoms with Crippen molar-refractivity contribution in [2.24, 2.45) is 4.99 Å². The second-order valence-electron chi connectivity index (χ2n) is 4.80. The lowest BCUT2D eigenvalue weighted by molar-refractivity contribution is 0.461. The summed E-state index contributed by atoms with van der Waals surface area (Å²) in [6.07, 6.45) is 0.139. The first-order valence-corrected chi connectivity index (χ1v) is 8.73. The minimum atomic E-state index is -3.12. The van der Waals surface area contributed by atoms with Gasteiger partial charge in [0.15, 0.2) is 6.29 Å². The highest BCUT2D eigenvalue weighted by molar-refractivity contribution is 7.79. The minimum absolute atomic E-state index is 0.139. The molecule has 21 heavy (non-hydrogen) atoms. The Morgan fingerprint density at radius 2 is 1.48 bits per heavy atom. The molecule has 4 nitrogen and oxygen atoms in total. The Hall–Kier alpha value is -1.58. The third kappa shape index (κ3) is 6.15. The molecule has 0 spiro atoms. The Bertz CT molecular complexity index is 559. The second-order valence-corrected chi connectivity index (χ2v) is 6.92. The molecule has 0 unspecified atom stereocenters. The summed E-state index contributed by atoms with van der Waals surface area (Å²) in [6.45, 7) is 1.07. The fourth-order valence-electron chi connectivity index (χ4n) is 1.86. The molecule has 0 amide bonds. The Morgan fingerprint density at radius 1 is 0.905 bits per heavy atom. The van der Waals surface area contributed by atoms with Crippen LogP contribution in [-0.2, 0) is 13.1 Å². The molecule has 110 valence electrons. The molecule has 0 saturated carbocycles. The van der Waals surface area contributed by atoms with Crippen molar-refractivity contribution < 1.29 is 9.79 Å². The fraction of sp³-hybridized carbons (Fsp3) is 0.188. The van der Waals surface area contributed by atoms with Gasteiger partial charge in [-0.3, -0.25) is 5.32 Å². The van der Waals surface area contributed by atoms with Crippen LogP contribution in [0.2, 0.25) is 0 Å². The molecule has 2 aromatic rings. The molecule has 0 heterocycles. The normalized spacial score (nSPS) is 11.9. The van der Waals surface area contributed by atoms with Gasteiger partial charge in [0.25, 0.3) is 0 Å². The molecule has 2 rings (SSSR count). The summed E-state index contributed by atoms with van der Waals surface area (Å²) >= 11 is 0. The predicted molar refractivity (Wildman–Crippen MR) is 88.1 cm³/mol. The third-order valence-electron chi connectivity index (χ3n) is 2.90. The summed E-state index contributed by atoms with van der Waals surface area (Å²) in [5.41, 5.74) is 2.16. The SMILES string of the molecule is O[P+](O)(C=NCc1ccccc1)CNCc1ccccc1. The van der Waals surface area contributed by atoms with E-state index in [1.807, 2.05) is 60.7 Å². The van der Waals surface area contributed by atoms with Crippen LogP contribution in [-0.4, -0.2) is 22.0 Å². The number of rotatable bonds is 7. The highest BCUT2D eigenvalue weighted by Crippen LogP contribution is 2.45. The maximum atomic E-state index is 9.93. The zero-order chi connectivity index (χ0) is 15.0. The molecule has 0 radical (unpaired) electrons. The molecule has 0 saturated heterocycles. The molecule has 0 atom stereocenters. The van der Waals surface area contributed by atoms with Crippen LogP contribution in [0.1, 0.15) is 11.1 Å². The Morgan fingerprint density at radius 3 is 2.10 bits per heavy atom. The van der Waals surface area contributed by atoms with E-state index in [9.17, 15) is 9.79 Å². The van der Waals surface area contributed by atoms with E-state index in [2.05, 4.69) is 10.3 Å². The van der Waals surface area contributed by atoms with Gasteiger partial charge < -0.3 is 0 Å². The lowest BCUT2D eigenvalue weighted by Crippen LogP contribution is -2.18. The molecule has 2 aromatic carbocycles. The van der Waals surface area contributed by atoms with Crippen molar-refractivity contribution >= 4 is 13.7 Å². The van der Waals surface area contributed by atoms with Gasteiger partial charge in [0.05, 0.1) is 6.54 Å². The lowest BCUT2D eigenvalue weighted by atomic mass is 10.2. The zero-order valence-corrected chi connectivity index (χ0v) is 12.7. The third-order valence-corrected chi connectivity index (χ3v) is 4.12. The first-order valence-electron chi connectivity index (χ1n) is 6.78. The summed E-state index contributed by atoms with van der Waals surface area (Å²) in [7, 11) is -3.12. The highest BCUT2D eigenvalue weighted by atomic mass is 31.2. The van der Waals surface area contributed by atoms with Crippen LogP contribution < -0.4 is 5.32 Å². The van der Waals surface area contributed by atoms with Gasteiger partial charge in [0.2, 0.25) is 5.96 Å². The van der Waals surface area contributed by atoms with Gasteiger partial charge in [-0.15, -0.1) is 0 Å². The van der Waals surface area contributed by atoms with Gasteiger partial charge in [0, 0.05) is 6.54 Å². The standard InChI is InChI=1S/C16H20N2O2P/c19-21(20,13-17-11-15-7-3-1-4-8-15)14-18-12-16-9-5-2-6-10-16/h1-10,13,18-20H,11-12,14H2/q+1. The van der Waals surface area contributed by atoms with Crippen LogP contribution >= 0.6 is 7.72 Å². The zero-order valence-electron chi connectivity index (χ0n) is 11.8. The summed E-state index contributed by atoms with van der Waals surface area (Å²) in [4.78, 5) is 24.0. The van der Waals surface area contributed by atoms with Crippen LogP contribution in [0.15, 0.2) is 65.7 Å². The molecule has 0 aromatic heterocycles. The minimum Gasteiger partial charge on any atom is -0.276 e. The molecule has 0 fully saturated rings. The fourth-order valence-corrected chi connectivity index (χ4v) is 2.73. The second kappa shape index (κ2) is 8.01. The molecule has 0 aliphatic heterocycles. The molecule has 5 heteroatoms. The molecule has 0 bridgehead atoms. The molecule has 0 aliphatic carbocycles. The number of hydrogen-bond donors (Lipinski definition) is 3. The largest absolute Gasteiger partial charge is 0.325 e. The van der Waals surface area contributed by atoms with Crippen LogP contribution in [0, 0.1) is 0 Å². The Kier molecular flexibility index (Phi) is 6.03. The van der Waals surface area contributed by atoms with Gasteiger partial charge in [-0.1, -0.05) is 60.7 Å². The van der Waals surface area contributed by atoms with E-state index in [1.54, 1.807) is 0 Å². The average molecular weight is 303 g/mol. The number of nitrogens with one attached hydrogen (secondary N) is 1. The summed E-state index contributed by atoms with van der Waals surface area (Å²) in [5, 5.41) is 3.05. The van der Waals surface area contributed by atoms with E-state index in [0.29, 0.717) is 13.1 Å². The van der Waals surface area contributed by atoms with E-state index >= 15 is 0 Å². The highest BCUT2D eigenvalue weighted by Gasteiger charge is 2.30. The summed E-state index contributed by atoms with van der Waals surface area (Å²) < 4.78 is 0. The molecule has 0 aliphatic rings. The maximum absolute atomic E-state index is 9.93. The number of benzene rings is 2. The van der Waals surface area contributed by atoms with Crippen molar-refractivity contribution in [1.82, 2.24) is 5.32 Å². The summed E-state index contributed by atoms with van der Waals surface area (Å²) in [5.74, 6) is 1.29. The van der Waals surface area contributed by atoms with Gasteiger partial charge in [-0.2, -0.15) is 0 Å². The number of aliphatic imine (C=N–C) groups is 1. The van der Waals surface area contributed by atoms with E-state index in [-0.39, 0.29) is 6.29 Å². The van der Waals surface area contributed by atoms with Gasteiger partial charge in [-0.25, -0.2) is 14.8 Å². The van der Waals surface area contributed by atoms with E-state index in [0.717, 1.165) is 11.1 Å². The van der Waals surface area contributed by atoms with E-state index in [1.165, 1.54) is 5.96 Å². The van der Waals surface area contributed by atoms with Gasteiger partial charge >= 0.3 is 7.72 Å². The Labute approximate surface area is 125 Å². The molecular weight excluding hydrogens is 283 g/mol. The van der Waals surface area contributed by atoms with Crippen molar-refractivity contribution in [2.75, 3.05) is 6.29 Å². The first kappa shape index (κ1) is 15.8. The topological polar surface area (TPSA) is 64.8 Å². The van der Waals surface area contributed by atoms with Gasteiger partial charge in [0.1, 0.15) is 0 Å². The first-order chi connectivity index (χ1) is 10.2.